The summed E-state index contributed by atoms with van der Waals surface area (Å²) in [5, 5.41) is 0. The van der Waals surface area contributed by atoms with Crippen LogP contribution >= 0.6 is 0 Å². The van der Waals surface area contributed by atoms with E-state index in [0.29, 0.717) is 11.5 Å². The van der Waals surface area contributed by atoms with Crippen molar-refractivity contribution in [2.75, 3.05) is 0 Å². The van der Waals surface area contributed by atoms with E-state index in [1.807, 2.05) is 60.8 Å². The number of aryl methyl sites for hydroxylation is 1. The second-order valence-electron chi connectivity index (χ2n) is 9.08. The summed E-state index contributed by atoms with van der Waals surface area (Å²) in [5.41, 5.74) is 4.32. The molecule has 0 amide bonds. The molecule has 5 rings (SSSR count). The average molecular weight is 681 g/mol. The molecule has 6 heteroatoms. The second-order valence-corrected chi connectivity index (χ2v) is 9.08. The fourth-order valence-corrected chi connectivity index (χ4v) is 3.43. The Labute approximate surface area is 243 Å². The van der Waals surface area contributed by atoms with Crippen molar-refractivity contribution in [2.45, 2.75) is 46.4 Å². The summed E-state index contributed by atoms with van der Waals surface area (Å²) < 4.78 is 21.9. The average Bonchev–Trinajstić information content (AvgIpc) is 2.98. The minimum Gasteiger partial charge on any atom is -0.304 e. The summed E-state index contributed by atoms with van der Waals surface area (Å²) in [5.74, 6) is 2.85. The van der Waals surface area contributed by atoms with E-state index in [9.17, 15) is 0 Å². The summed E-state index contributed by atoms with van der Waals surface area (Å²) in [6.45, 7) is 6.21. The molecule has 195 valence electrons. The van der Waals surface area contributed by atoms with E-state index in [1.165, 1.54) is 6.07 Å². The Morgan fingerprint density at radius 3 is 1.79 bits per heavy atom. The molecule has 5 nitrogen and oxygen atoms in total. The first kappa shape index (κ1) is 24.7. The molecule has 0 saturated carbocycles. The molecule has 0 aliphatic heterocycles. The smallest absolute Gasteiger partial charge is 0.164 e. The van der Waals surface area contributed by atoms with Crippen molar-refractivity contribution in [1.82, 2.24) is 24.9 Å². The fraction of sp³-hybridized carbons (Fsp3) is 0.219. The number of aromatic nitrogens is 5. The van der Waals surface area contributed by atoms with E-state index in [0.717, 1.165) is 34.0 Å². The molecule has 0 saturated heterocycles. The van der Waals surface area contributed by atoms with Gasteiger partial charge in [0.05, 0.1) is 0 Å². The van der Waals surface area contributed by atoms with E-state index in [4.69, 9.17) is 4.11 Å². The third-order valence-corrected chi connectivity index (χ3v) is 5.44. The number of benzene rings is 2. The Balaban J connectivity index is 0.000000238. The molecular weight excluding hydrogens is 647 g/mol. The minimum absolute atomic E-state index is 0. The van der Waals surface area contributed by atoms with Gasteiger partial charge in [-0.2, -0.15) is 0 Å². The van der Waals surface area contributed by atoms with Crippen LogP contribution in [0.1, 0.15) is 61.0 Å². The number of hydrogen-bond acceptors (Lipinski definition) is 5. The molecule has 0 N–H and O–H groups in total. The second kappa shape index (κ2) is 13.8. The summed E-state index contributed by atoms with van der Waals surface area (Å²) in [6, 6.07) is 30.4. The molecule has 3 heterocycles. The molecule has 5 aromatic rings. The Kier molecular flexibility index (Phi) is 8.98. The van der Waals surface area contributed by atoms with Crippen molar-refractivity contribution in [1.29, 1.82) is 0 Å². The normalized spacial score (nSPS) is 12.0. The van der Waals surface area contributed by atoms with Gasteiger partial charge >= 0.3 is 0 Å². The van der Waals surface area contributed by atoms with Crippen LogP contribution in [0.25, 0.3) is 33.9 Å². The van der Waals surface area contributed by atoms with Gasteiger partial charge in [0.1, 0.15) is 11.6 Å². The number of hydrogen-bond donors (Lipinski definition) is 0. The summed E-state index contributed by atoms with van der Waals surface area (Å²) in [7, 11) is 0. The van der Waals surface area contributed by atoms with Crippen molar-refractivity contribution in [2.24, 2.45) is 0 Å². The monoisotopic (exact) mass is 681 g/mol. The van der Waals surface area contributed by atoms with Crippen LogP contribution in [-0.2, 0) is 20.1 Å². The molecule has 0 fully saturated rings. The molecule has 1 radical (unpaired) electrons. The fourth-order valence-electron chi connectivity index (χ4n) is 3.43. The first-order valence-electron chi connectivity index (χ1n) is 13.8. The molecule has 38 heavy (non-hydrogen) atoms. The number of pyridine rings is 2. The molecule has 0 unspecified atom stereocenters. The van der Waals surface area contributed by atoms with Crippen LogP contribution in [0.2, 0.25) is 0 Å². The first-order chi connectivity index (χ1) is 19.1. The van der Waals surface area contributed by atoms with E-state index in [-0.39, 0.29) is 37.6 Å². The molecule has 0 bridgehead atoms. The molecule has 2 aromatic carbocycles. The van der Waals surface area contributed by atoms with Gasteiger partial charge in [0.2, 0.25) is 0 Å². The zero-order valence-corrected chi connectivity index (χ0v) is 24.2. The number of nitrogens with zero attached hydrogens (tertiary/aromatic N) is 5. The maximum absolute atomic E-state index is 7.29. The van der Waals surface area contributed by atoms with Crippen LogP contribution < -0.4 is 0 Å². The van der Waals surface area contributed by atoms with Crippen molar-refractivity contribution in [3.8, 4) is 33.9 Å². The topological polar surface area (TPSA) is 64.5 Å². The van der Waals surface area contributed by atoms with Crippen molar-refractivity contribution < 1.29 is 24.2 Å². The van der Waals surface area contributed by atoms with Crippen molar-refractivity contribution in [3.63, 3.8) is 0 Å². The predicted molar refractivity (Wildman–Crippen MR) is 149 cm³/mol. The van der Waals surface area contributed by atoms with Crippen LogP contribution in [-0.4, -0.2) is 24.9 Å². The Morgan fingerprint density at radius 1 is 0.658 bits per heavy atom. The summed E-state index contributed by atoms with van der Waals surface area (Å²) in [4.78, 5) is 22.5. The summed E-state index contributed by atoms with van der Waals surface area (Å²) >= 11 is 0. The zero-order valence-electron chi connectivity index (χ0n) is 24.8. The predicted octanol–water partition coefficient (Wildman–Crippen LogP) is 7.50. The van der Waals surface area contributed by atoms with Gasteiger partial charge in [0.15, 0.2) is 5.82 Å². The minimum atomic E-state index is -2.16. The largest absolute Gasteiger partial charge is 0.304 e. The quantitative estimate of drug-likeness (QED) is 0.180. The van der Waals surface area contributed by atoms with Crippen LogP contribution in [0, 0.1) is 19.0 Å². The Morgan fingerprint density at radius 2 is 1.29 bits per heavy atom. The Hall–Kier alpha value is -3.60. The maximum Gasteiger partial charge on any atom is 0.164 e. The van der Waals surface area contributed by atoms with Gasteiger partial charge in [-0.15, -0.1) is 71.8 Å². The standard InChI is InChI=1S/C20H21N4.C12H10N.Ir/c1-13(2)18-22-19(14(3)4)24-20(23-18)16-10-11-17(21-12-16)15-8-6-5-7-9-15;1-10-6-5-9-12(13-10)11-7-3-2-4-8-11;/h5-8,10-14H,1-4H3;2-7,9H,1H3;/q2*-1;/i;1D3;. The molecule has 0 aliphatic rings. The van der Waals surface area contributed by atoms with E-state index in [2.05, 4.69) is 64.7 Å². The molecule has 0 aliphatic carbocycles. The zero-order chi connectivity index (χ0) is 28.7. The van der Waals surface area contributed by atoms with Crippen LogP contribution in [0.15, 0.2) is 85.1 Å². The first-order valence-corrected chi connectivity index (χ1v) is 12.3. The van der Waals surface area contributed by atoms with Crippen LogP contribution in [0.3, 0.4) is 0 Å². The molecular formula is C32H31IrN5-2. The SMILES string of the molecule is CC(C)c1nc(-c2ccc(-c3[c-]cccc3)nc2)nc(C(C)C)n1.[2H]C([2H])([2H])c1cccc(-c2[c-]cccc2)n1.[Ir]. The molecule has 0 atom stereocenters. The van der Waals surface area contributed by atoms with E-state index < -0.39 is 6.85 Å². The van der Waals surface area contributed by atoms with Crippen molar-refractivity contribution in [3.05, 3.63) is 115 Å². The van der Waals surface area contributed by atoms with Crippen LogP contribution in [0.4, 0.5) is 0 Å². The number of rotatable bonds is 5. The van der Waals surface area contributed by atoms with Gasteiger partial charge in [0.25, 0.3) is 0 Å². The van der Waals surface area contributed by atoms with Crippen molar-refractivity contribution >= 4 is 0 Å². The van der Waals surface area contributed by atoms with Gasteiger partial charge in [0, 0.05) is 53.5 Å². The van der Waals surface area contributed by atoms with Crippen LogP contribution in [0.5, 0.6) is 0 Å². The third kappa shape index (κ3) is 7.70. The Bertz CT molecular complexity index is 1500. The molecule has 0 spiro atoms. The molecule has 3 aromatic heterocycles. The van der Waals surface area contributed by atoms with E-state index in [1.54, 1.807) is 18.2 Å². The van der Waals surface area contributed by atoms with Gasteiger partial charge < -0.3 is 9.97 Å². The van der Waals surface area contributed by atoms with Gasteiger partial charge in [-0.1, -0.05) is 52.0 Å². The third-order valence-electron chi connectivity index (χ3n) is 5.44. The summed E-state index contributed by atoms with van der Waals surface area (Å²) in [6.07, 6.45) is 1.82. The maximum atomic E-state index is 7.29. The van der Waals surface area contributed by atoms with Gasteiger partial charge in [-0.25, -0.2) is 15.0 Å². The van der Waals surface area contributed by atoms with E-state index >= 15 is 0 Å². The van der Waals surface area contributed by atoms with Gasteiger partial charge in [-0.3, -0.25) is 0 Å². The van der Waals surface area contributed by atoms with Gasteiger partial charge in [-0.05, 0) is 24.3 Å².